The average Bonchev–Trinajstić information content (AvgIpc) is 3.27. The van der Waals surface area contributed by atoms with E-state index in [1.54, 1.807) is 12.1 Å². The number of anilines is 2. The number of rotatable bonds is 6. The van der Waals surface area contributed by atoms with Gasteiger partial charge in [-0.2, -0.15) is 0 Å². The lowest BCUT2D eigenvalue weighted by molar-refractivity contribution is -0.118. The van der Waals surface area contributed by atoms with Crippen LogP contribution in [0, 0.1) is 0 Å². The highest BCUT2D eigenvalue weighted by Gasteiger charge is 2.18. The molecule has 7 heteroatoms. The van der Waals surface area contributed by atoms with Crippen molar-refractivity contribution in [2.24, 2.45) is 0 Å². The molecule has 0 aliphatic carbocycles. The van der Waals surface area contributed by atoms with E-state index < -0.39 is 0 Å². The van der Waals surface area contributed by atoms with Crippen molar-refractivity contribution in [3.8, 4) is 27.4 Å². The number of hydrogen-bond donors (Lipinski definition) is 2. The quantitative estimate of drug-likeness (QED) is 0.409. The van der Waals surface area contributed by atoms with Crippen LogP contribution in [0.2, 0.25) is 0 Å². The van der Waals surface area contributed by atoms with E-state index in [0.29, 0.717) is 23.7 Å². The normalized spacial score (nSPS) is 12.5. The molecule has 6 nitrogen and oxygen atoms in total. The maximum absolute atomic E-state index is 12.6. The molecule has 1 aromatic heterocycles. The summed E-state index contributed by atoms with van der Waals surface area (Å²) in [7, 11) is 0. The average molecular weight is 456 g/mol. The molecule has 0 fully saturated rings. The van der Waals surface area contributed by atoms with Crippen LogP contribution in [0.3, 0.4) is 0 Å². The van der Waals surface area contributed by atoms with Gasteiger partial charge in [0.1, 0.15) is 5.75 Å². The van der Waals surface area contributed by atoms with E-state index in [2.05, 4.69) is 10.6 Å². The van der Waals surface area contributed by atoms with Gasteiger partial charge in [-0.25, -0.2) is 4.98 Å². The topological polar surface area (TPSA) is 80.3 Å². The molecule has 0 radical (unpaired) electrons. The Balaban J connectivity index is 1.31. The Bertz CT molecular complexity index is 1250. The fourth-order valence-corrected chi connectivity index (χ4v) is 4.71. The highest BCUT2D eigenvalue weighted by Crippen LogP contribution is 2.38. The molecule has 2 heterocycles. The van der Waals surface area contributed by atoms with Gasteiger partial charge in [0, 0.05) is 17.7 Å². The number of ether oxygens (including phenoxy) is 1. The van der Waals surface area contributed by atoms with Gasteiger partial charge in [-0.1, -0.05) is 72.0 Å². The van der Waals surface area contributed by atoms with Crippen molar-refractivity contribution in [3.63, 3.8) is 0 Å². The van der Waals surface area contributed by atoms with Gasteiger partial charge in [-0.05, 0) is 35.7 Å². The summed E-state index contributed by atoms with van der Waals surface area (Å²) in [5.74, 6) is 0.326. The number of aromatic nitrogens is 1. The third kappa shape index (κ3) is 4.78. The molecule has 1 aliphatic rings. The zero-order valence-corrected chi connectivity index (χ0v) is 18.5. The minimum atomic E-state index is -0.283. The van der Waals surface area contributed by atoms with Crippen LogP contribution in [-0.2, 0) is 16.0 Å². The van der Waals surface area contributed by atoms with Crippen LogP contribution in [0.15, 0.2) is 78.9 Å². The number of nitrogens with zero attached hydrogens (tertiary/aromatic N) is 1. The number of fused-ring (bicyclic) bond motifs is 1. The number of hydrogen-bond acceptors (Lipinski definition) is 5. The SMILES string of the molecule is O=C(COc1ccc2c(c1)CCC(=O)N2)Nc1nc(-c2ccccc2)c(-c2ccccc2)s1. The summed E-state index contributed by atoms with van der Waals surface area (Å²) < 4.78 is 5.69. The second kappa shape index (κ2) is 9.26. The number of carbonyl (C=O) groups excluding carboxylic acids is 2. The molecule has 0 bridgehead atoms. The molecule has 0 spiro atoms. The van der Waals surface area contributed by atoms with Crippen LogP contribution in [0.4, 0.5) is 10.8 Å². The molecular weight excluding hydrogens is 434 g/mol. The van der Waals surface area contributed by atoms with Gasteiger partial charge in [0.2, 0.25) is 5.91 Å². The number of aryl methyl sites for hydroxylation is 1. The fourth-order valence-electron chi connectivity index (χ4n) is 3.70. The van der Waals surface area contributed by atoms with E-state index in [9.17, 15) is 9.59 Å². The summed E-state index contributed by atoms with van der Waals surface area (Å²) in [6.07, 6.45) is 1.11. The Labute approximate surface area is 195 Å². The van der Waals surface area contributed by atoms with E-state index in [1.165, 1.54) is 11.3 Å². The van der Waals surface area contributed by atoms with Gasteiger partial charge < -0.3 is 10.1 Å². The van der Waals surface area contributed by atoms with Crippen molar-refractivity contribution in [1.29, 1.82) is 0 Å². The summed E-state index contributed by atoms with van der Waals surface area (Å²) in [6, 6.07) is 25.4. The predicted octanol–water partition coefficient (Wildman–Crippen LogP) is 5.38. The molecule has 2 amide bonds. The van der Waals surface area contributed by atoms with Gasteiger partial charge in [0.05, 0.1) is 10.6 Å². The van der Waals surface area contributed by atoms with E-state index in [-0.39, 0.29) is 18.4 Å². The molecule has 0 unspecified atom stereocenters. The lowest BCUT2D eigenvalue weighted by atomic mass is 10.0. The molecule has 0 atom stereocenters. The highest BCUT2D eigenvalue weighted by atomic mass is 32.1. The van der Waals surface area contributed by atoms with Crippen molar-refractivity contribution in [1.82, 2.24) is 4.98 Å². The number of thiazole rings is 1. The van der Waals surface area contributed by atoms with Crippen molar-refractivity contribution in [2.75, 3.05) is 17.2 Å². The van der Waals surface area contributed by atoms with Gasteiger partial charge in [0.25, 0.3) is 5.91 Å². The molecule has 3 aromatic carbocycles. The third-order valence-electron chi connectivity index (χ3n) is 5.30. The zero-order chi connectivity index (χ0) is 22.6. The van der Waals surface area contributed by atoms with Crippen molar-refractivity contribution in [3.05, 3.63) is 84.4 Å². The number of carbonyl (C=O) groups is 2. The van der Waals surface area contributed by atoms with Crippen LogP contribution >= 0.6 is 11.3 Å². The maximum Gasteiger partial charge on any atom is 0.264 e. The molecule has 33 heavy (non-hydrogen) atoms. The van der Waals surface area contributed by atoms with Crippen LogP contribution in [0.25, 0.3) is 21.7 Å². The minimum absolute atomic E-state index is 0.0173. The number of amides is 2. The van der Waals surface area contributed by atoms with Crippen LogP contribution < -0.4 is 15.4 Å². The lowest BCUT2D eigenvalue weighted by Gasteiger charge is -2.17. The first-order chi connectivity index (χ1) is 16.2. The summed E-state index contributed by atoms with van der Waals surface area (Å²) in [6.45, 7) is -0.133. The third-order valence-corrected chi connectivity index (χ3v) is 6.32. The van der Waals surface area contributed by atoms with Crippen LogP contribution in [0.1, 0.15) is 12.0 Å². The van der Waals surface area contributed by atoms with E-state index in [0.717, 1.165) is 32.9 Å². The molecular formula is C26H21N3O3S. The van der Waals surface area contributed by atoms with Crippen molar-refractivity contribution in [2.45, 2.75) is 12.8 Å². The Kier molecular flexibility index (Phi) is 5.87. The molecule has 2 N–H and O–H groups in total. The molecule has 0 saturated carbocycles. The van der Waals surface area contributed by atoms with Crippen molar-refractivity contribution >= 4 is 34.0 Å². The lowest BCUT2D eigenvalue weighted by Crippen LogP contribution is -2.21. The first-order valence-electron chi connectivity index (χ1n) is 10.6. The smallest absolute Gasteiger partial charge is 0.264 e. The van der Waals surface area contributed by atoms with Crippen LogP contribution in [-0.4, -0.2) is 23.4 Å². The van der Waals surface area contributed by atoms with Gasteiger partial charge in [-0.3, -0.25) is 14.9 Å². The Morgan fingerprint density at radius 1 is 0.970 bits per heavy atom. The predicted molar refractivity (Wildman–Crippen MR) is 131 cm³/mol. The zero-order valence-electron chi connectivity index (χ0n) is 17.7. The first kappa shape index (κ1) is 20.9. The van der Waals surface area contributed by atoms with Gasteiger partial charge in [-0.15, -0.1) is 0 Å². The summed E-state index contributed by atoms with van der Waals surface area (Å²) >= 11 is 1.44. The Morgan fingerprint density at radius 3 is 2.45 bits per heavy atom. The second-order valence-corrected chi connectivity index (χ2v) is 8.63. The standard InChI is InChI=1S/C26H21N3O3S/c30-22-14-11-19-15-20(12-13-21(19)27-22)32-16-23(31)28-26-29-24(17-7-3-1-4-8-17)25(33-26)18-9-5-2-6-10-18/h1-10,12-13,15H,11,14,16H2,(H,27,30)(H,28,29,31). The highest BCUT2D eigenvalue weighted by molar-refractivity contribution is 7.19. The Hall–Kier alpha value is -3.97. The summed E-state index contributed by atoms with van der Waals surface area (Å²) in [4.78, 5) is 29.8. The largest absolute Gasteiger partial charge is 0.484 e. The van der Waals surface area contributed by atoms with E-state index >= 15 is 0 Å². The molecule has 1 aliphatic heterocycles. The number of benzene rings is 3. The minimum Gasteiger partial charge on any atom is -0.484 e. The monoisotopic (exact) mass is 455 g/mol. The van der Waals surface area contributed by atoms with Crippen LogP contribution in [0.5, 0.6) is 5.75 Å². The second-order valence-electron chi connectivity index (χ2n) is 7.63. The van der Waals surface area contributed by atoms with E-state index in [4.69, 9.17) is 9.72 Å². The Morgan fingerprint density at radius 2 is 1.70 bits per heavy atom. The maximum atomic E-state index is 12.6. The molecule has 164 valence electrons. The molecule has 0 saturated heterocycles. The van der Waals surface area contributed by atoms with E-state index in [1.807, 2.05) is 66.7 Å². The summed E-state index contributed by atoms with van der Waals surface area (Å²) in [5.41, 5.74) is 4.68. The fraction of sp³-hybridized carbons (Fsp3) is 0.115. The molecule has 5 rings (SSSR count). The number of nitrogens with one attached hydrogen (secondary N) is 2. The van der Waals surface area contributed by atoms with Gasteiger partial charge in [0.15, 0.2) is 11.7 Å². The van der Waals surface area contributed by atoms with Crippen molar-refractivity contribution < 1.29 is 14.3 Å². The summed E-state index contributed by atoms with van der Waals surface area (Å²) in [5, 5.41) is 6.23. The molecule has 4 aromatic rings. The van der Waals surface area contributed by atoms with Gasteiger partial charge >= 0.3 is 0 Å². The first-order valence-corrected chi connectivity index (χ1v) is 11.4.